The number of rotatable bonds is 7. The van der Waals surface area contributed by atoms with Crippen LogP contribution in [0.1, 0.15) is 41.2 Å². The quantitative estimate of drug-likeness (QED) is 0.693. The lowest BCUT2D eigenvalue weighted by Crippen LogP contribution is -2.15. The minimum absolute atomic E-state index is 0.187. The summed E-state index contributed by atoms with van der Waals surface area (Å²) in [6.45, 7) is 1.18. The fourth-order valence-corrected chi connectivity index (χ4v) is 3.06. The molecule has 1 N–H and O–H groups in total. The van der Waals surface area contributed by atoms with Crippen LogP contribution < -0.4 is 10.1 Å². The van der Waals surface area contributed by atoms with Crippen LogP contribution in [-0.2, 0) is 6.54 Å². The Labute approximate surface area is 158 Å². The third-order valence-electron chi connectivity index (χ3n) is 4.87. The standard InChI is InChI=1S/C21H22N4O2/c26-21(17-8-9-18(23-14-17)16-4-3-5-16)24-19-6-1-2-7-20(19)27-13-12-25-11-10-22-15-25/h1-2,6-11,14-16H,3-5,12-13H2,(H,24,26). The zero-order valence-corrected chi connectivity index (χ0v) is 15.0. The summed E-state index contributed by atoms with van der Waals surface area (Å²) in [5.74, 6) is 1.02. The highest BCUT2D eigenvalue weighted by Gasteiger charge is 2.21. The molecule has 1 aromatic carbocycles. The average molecular weight is 362 g/mol. The number of amides is 1. The van der Waals surface area contributed by atoms with Crippen LogP contribution in [0.5, 0.6) is 5.75 Å². The van der Waals surface area contributed by atoms with Crippen LogP contribution in [0.3, 0.4) is 0 Å². The molecule has 6 nitrogen and oxygen atoms in total. The zero-order valence-electron chi connectivity index (χ0n) is 15.0. The normalized spacial score (nSPS) is 13.8. The second-order valence-corrected chi connectivity index (χ2v) is 6.70. The van der Waals surface area contributed by atoms with E-state index in [4.69, 9.17) is 4.74 Å². The van der Waals surface area contributed by atoms with E-state index in [0.717, 1.165) is 5.69 Å². The second kappa shape index (κ2) is 8.03. The maximum atomic E-state index is 12.6. The predicted octanol–water partition coefficient (Wildman–Crippen LogP) is 3.88. The van der Waals surface area contributed by atoms with E-state index in [1.165, 1.54) is 19.3 Å². The van der Waals surface area contributed by atoms with Crippen molar-refractivity contribution < 1.29 is 9.53 Å². The van der Waals surface area contributed by atoms with Crippen molar-refractivity contribution >= 4 is 11.6 Å². The highest BCUT2D eigenvalue weighted by atomic mass is 16.5. The molecule has 0 spiro atoms. The van der Waals surface area contributed by atoms with Gasteiger partial charge in [-0.3, -0.25) is 9.78 Å². The number of pyridine rings is 1. The van der Waals surface area contributed by atoms with Crippen LogP contribution in [0.2, 0.25) is 0 Å². The number of aromatic nitrogens is 3. The van der Waals surface area contributed by atoms with Crippen LogP contribution in [0, 0.1) is 0 Å². The summed E-state index contributed by atoms with van der Waals surface area (Å²) in [5, 5.41) is 2.92. The van der Waals surface area contributed by atoms with E-state index in [1.54, 1.807) is 18.7 Å². The number of para-hydroxylation sites is 2. The van der Waals surface area contributed by atoms with E-state index in [2.05, 4.69) is 15.3 Å². The Bertz CT molecular complexity index is 887. The van der Waals surface area contributed by atoms with E-state index in [9.17, 15) is 4.79 Å². The molecule has 0 bridgehead atoms. The van der Waals surface area contributed by atoms with Gasteiger partial charge in [0, 0.05) is 30.2 Å². The minimum atomic E-state index is -0.187. The van der Waals surface area contributed by atoms with Crippen molar-refractivity contribution in [1.82, 2.24) is 14.5 Å². The van der Waals surface area contributed by atoms with Crippen LogP contribution in [0.25, 0.3) is 0 Å². The third kappa shape index (κ3) is 4.16. The molecule has 3 aromatic rings. The van der Waals surface area contributed by atoms with Gasteiger partial charge in [0.05, 0.1) is 24.1 Å². The first-order valence-electron chi connectivity index (χ1n) is 9.24. The summed E-state index contributed by atoms with van der Waals surface area (Å²) < 4.78 is 7.78. The lowest BCUT2D eigenvalue weighted by molar-refractivity contribution is 0.102. The first kappa shape index (κ1) is 17.3. The number of anilines is 1. The Morgan fingerprint density at radius 1 is 1.22 bits per heavy atom. The van der Waals surface area contributed by atoms with Gasteiger partial charge in [-0.1, -0.05) is 18.6 Å². The smallest absolute Gasteiger partial charge is 0.257 e. The van der Waals surface area contributed by atoms with Gasteiger partial charge >= 0.3 is 0 Å². The van der Waals surface area contributed by atoms with Gasteiger partial charge < -0.3 is 14.6 Å². The molecule has 1 fully saturated rings. The maximum absolute atomic E-state index is 12.6. The van der Waals surface area contributed by atoms with E-state index < -0.39 is 0 Å². The number of carbonyl (C=O) groups excluding carboxylic acids is 1. The largest absolute Gasteiger partial charge is 0.490 e. The Kier molecular flexibility index (Phi) is 5.14. The second-order valence-electron chi connectivity index (χ2n) is 6.70. The number of imidazole rings is 1. The average Bonchev–Trinajstić information content (AvgIpc) is 3.16. The van der Waals surface area contributed by atoms with Crippen molar-refractivity contribution in [2.45, 2.75) is 31.7 Å². The summed E-state index contributed by atoms with van der Waals surface area (Å²) in [6, 6.07) is 11.3. The summed E-state index contributed by atoms with van der Waals surface area (Å²) in [5.41, 5.74) is 2.28. The van der Waals surface area contributed by atoms with E-state index in [1.807, 2.05) is 47.2 Å². The van der Waals surface area contributed by atoms with Gasteiger partial charge in [0.1, 0.15) is 12.4 Å². The SMILES string of the molecule is O=C(Nc1ccccc1OCCn1ccnc1)c1ccc(C2CCC2)nc1. The Balaban J connectivity index is 1.38. The molecule has 1 aliphatic rings. The predicted molar refractivity (Wildman–Crippen MR) is 103 cm³/mol. The van der Waals surface area contributed by atoms with Crippen molar-refractivity contribution in [3.8, 4) is 5.75 Å². The Hall–Kier alpha value is -3.15. The van der Waals surface area contributed by atoms with Gasteiger partial charge in [-0.05, 0) is 37.1 Å². The molecule has 0 radical (unpaired) electrons. The Morgan fingerprint density at radius 2 is 2.11 bits per heavy atom. The molecule has 27 heavy (non-hydrogen) atoms. The molecule has 0 atom stereocenters. The highest BCUT2D eigenvalue weighted by molar-refractivity contribution is 6.04. The fourth-order valence-electron chi connectivity index (χ4n) is 3.06. The molecule has 2 heterocycles. The molecule has 2 aromatic heterocycles. The molecule has 0 saturated heterocycles. The van der Waals surface area contributed by atoms with Gasteiger partial charge in [0.2, 0.25) is 0 Å². The number of hydrogen-bond donors (Lipinski definition) is 1. The van der Waals surface area contributed by atoms with Gasteiger partial charge in [0.25, 0.3) is 5.91 Å². The maximum Gasteiger partial charge on any atom is 0.257 e. The van der Waals surface area contributed by atoms with Crippen LogP contribution in [0.4, 0.5) is 5.69 Å². The van der Waals surface area contributed by atoms with Crippen molar-refractivity contribution in [2.24, 2.45) is 0 Å². The summed E-state index contributed by atoms with van der Waals surface area (Å²) >= 11 is 0. The van der Waals surface area contributed by atoms with Crippen molar-refractivity contribution in [3.63, 3.8) is 0 Å². The molecule has 138 valence electrons. The zero-order chi connectivity index (χ0) is 18.5. The molecule has 4 rings (SSSR count). The van der Waals surface area contributed by atoms with Crippen LogP contribution in [0.15, 0.2) is 61.3 Å². The lowest BCUT2D eigenvalue weighted by Gasteiger charge is -2.24. The van der Waals surface area contributed by atoms with E-state index in [0.29, 0.717) is 36.1 Å². The molecule has 0 aliphatic heterocycles. The van der Waals surface area contributed by atoms with Gasteiger partial charge in [-0.15, -0.1) is 0 Å². The molecule has 1 saturated carbocycles. The molecule has 0 unspecified atom stereocenters. The number of benzene rings is 1. The van der Waals surface area contributed by atoms with Crippen LogP contribution >= 0.6 is 0 Å². The number of nitrogens with one attached hydrogen (secondary N) is 1. The van der Waals surface area contributed by atoms with E-state index >= 15 is 0 Å². The molecule has 1 aliphatic carbocycles. The fraction of sp³-hybridized carbons (Fsp3) is 0.286. The van der Waals surface area contributed by atoms with E-state index in [-0.39, 0.29) is 5.91 Å². The number of nitrogens with zero attached hydrogens (tertiary/aromatic N) is 3. The topological polar surface area (TPSA) is 69.0 Å². The molecule has 6 heteroatoms. The van der Waals surface area contributed by atoms with Crippen molar-refractivity contribution in [2.75, 3.05) is 11.9 Å². The van der Waals surface area contributed by atoms with Gasteiger partial charge in [0.15, 0.2) is 0 Å². The van der Waals surface area contributed by atoms with Gasteiger partial charge in [-0.2, -0.15) is 0 Å². The number of ether oxygens (including phenoxy) is 1. The number of carbonyl (C=O) groups is 1. The van der Waals surface area contributed by atoms with Crippen LogP contribution in [-0.4, -0.2) is 27.0 Å². The highest BCUT2D eigenvalue weighted by Crippen LogP contribution is 2.35. The first-order chi connectivity index (χ1) is 13.3. The summed E-state index contributed by atoms with van der Waals surface area (Å²) in [6.07, 6.45) is 10.7. The van der Waals surface area contributed by atoms with Crippen molar-refractivity contribution in [3.05, 3.63) is 72.6 Å². The summed E-state index contributed by atoms with van der Waals surface area (Å²) in [4.78, 5) is 21.0. The molecular weight excluding hydrogens is 340 g/mol. The summed E-state index contributed by atoms with van der Waals surface area (Å²) in [7, 11) is 0. The molecular formula is C21H22N4O2. The molecule has 1 amide bonds. The monoisotopic (exact) mass is 362 g/mol. The van der Waals surface area contributed by atoms with Gasteiger partial charge in [-0.25, -0.2) is 4.98 Å². The first-order valence-corrected chi connectivity index (χ1v) is 9.24. The number of hydrogen-bond acceptors (Lipinski definition) is 4. The Morgan fingerprint density at radius 3 is 2.81 bits per heavy atom. The third-order valence-corrected chi connectivity index (χ3v) is 4.87. The van der Waals surface area contributed by atoms with Crippen molar-refractivity contribution in [1.29, 1.82) is 0 Å². The minimum Gasteiger partial charge on any atom is -0.490 e. The lowest BCUT2D eigenvalue weighted by atomic mass is 9.82.